The lowest BCUT2D eigenvalue weighted by Crippen LogP contribution is -2.26. The molecule has 1 heterocycles. The first-order chi connectivity index (χ1) is 8.72. The molecule has 3 nitrogen and oxygen atoms in total. The summed E-state index contributed by atoms with van der Waals surface area (Å²) in [5.74, 6) is 1.00. The monoisotopic (exact) mass is 267 g/mol. The normalized spacial score (nSPS) is 19.4. The Labute approximate surface area is 112 Å². The van der Waals surface area contributed by atoms with E-state index in [-0.39, 0.29) is 12.0 Å². The summed E-state index contributed by atoms with van der Waals surface area (Å²) in [5, 5.41) is 13.5. The van der Waals surface area contributed by atoms with Crippen molar-refractivity contribution in [3.8, 4) is 5.75 Å². The quantitative estimate of drug-likeness (QED) is 0.859. The zero-order chi connectivity index (χ0) is 12.6. The molecule has 2 aliphatic rings. The molecule has 0 radical (unpaired) electrons. The summed E-state index contributed by atoms with van der Waals surface area (Å²) < 4.78 is 5.66. The molecule has 1 aromatic carbocycles. The number of ether oxygens (including phenoxy) is 1. The Hall–Kier alpha value is -0.770. The predicted octanol–water partition coefficient (Wildman–Crippen LogP) is 2.14. The Morgan fingerprint density at radius 2 is 2.22 bits per heavy atom. The summed E-state index contributed by atoms with van der Waals surface area (Å²) in [4.78, 5) is 0. The number of aliphatic hydroxyl groups excluding tert-OH is 1. The molecule has 1 aromatic rings. The van der Waals surface area contributed by atoms with Crippen molar-refractivity contribution < 1.29 is 9.84 Å². The van der Waals surface area contributed by atoms with Gasteiger partial charge in [-0.15, -0.1) is 0 Å². The minimum absolute atomic E-state index is 0.141. The first kappa shape index (κ1) is 12.3. The van der Waals surface area contributed by atoms with Crippen molar-refractivity contribution in [1.29, 1.82) is 0 Å². The lowest BCUT2D eigenvalue weighted by molar-refractivity contribution is 0.207. The highest BCUT2D eigenvalue weighted by molar-refractivity contribution is 6.30. The fourth-order valence-electron chi connectivity index (χ4n) is 2.51. The molecule has 4 heteroatoms. The lowest BCUT2D eigenvalue weighted by atomic mass is 10.1. The summed E-state index contributed by atoms with van der Waals surface area (Å²) in [6, 6.07) is 3.96. The Morgan fingerprint density at radius 1 is 1.39 bits per heavy atom. The van der Waals surface area contributed by atoms with E-state index in [1.54, 1.807) is 0 Å². The number of rotatable bonds is 5. The van der Waals surface area contributed by atoms with E-state index < -0.39 is 0 Å². The molecule has 0 unspecified atom stereocenters. The van der Waals surface area contributed by atoms with E-state index in [0.717, 1.165) is 55.3 Å². The number of aliphatic hydroxyl groups is 1. The van der Waals surface area contributed by atoms with E-state index in [2.05, 4.69) is 5.32 Å². The minimum Gasteiger partial charge on any atom is -0.493 e. The topological polar surface area (TPSA) is 41.5 Å². The molecule has 18 heavy (non-hydrogen) atoms. The number of nitrogens with one attached hydrogen (secondary N) is 1. The number of halogens is 1. The van der Waals surface area contributed by atoms with Gasteiger partial charge in [0.2, 0.25) is 0 Å². The maximum Gasteiger partial charge on any atom is 0.127 e. The molecule has 0 atom stereocenters. The van der Waals surface area contributed by atoms with Crippen molar-refractivity contribution in [1.82, 2.24) is 5.32 Å². The van der Waals surface area contributed by atoms with Gasteiger partial charge in [-0.1, -0.05) is 11.6 Å². The summed E-state index contributed by atoms with van der Waals surface area (Å²) in [5.41, 5.74) is 2.48. The zero-order valence-electron chi connectivity index (χ0n) is 10.3. The van der Waals surface area contributed by atoms with E-state index in [0.29, 0.717) is 0 Å². The molecule has 1 aliphatic carbocycles. The Balaban J connectivity index is 1.66. The van der Waals surface area contributed by atoms with Crippen LogP contribution in [-0.4, -0.2) is 24.9 Å². The third-order valence-electron chi connectivity index (χ3n) is 3.93. The van der Waals surface area contributed by atoms with E-state index in [1.165, 1.54) is 5.56 Å². The molecule has 0 spiro atoms. The van der Waals surface area contributed by atoms with Crippen LogP contribution in [0.25, 0.3) is 0 Å². The molecule has 2 N–H and O–H groups in total. The molecule has 3 rings (SSSR count). The third-order valence-corrected chi connectivity index (χ3v) is 4.15. The second-order valence-electron chi connectivity index (χ2n) is 5.41. The van der Waals surface area contributed by atoms with Crippen molar-refractivity contribution in [2.24, 2.45) is 5.41 Å². The number of fused-ring (bicyclic) bond motifs is 1. The zero-order valence-corrected chi connectivity index (χ0v) is 11.1. The number of hydrogen-bond acceptors (Lipinski definition) is 3. The van der Waals surface area contributed by atoms with Gasteiger partial charge in [-0.3, -0.25) is 0 Å². The van der Waals surface area contributed by atoms with Crippen molar-refractivity contribution >= 4 is 11.6 Å². The van der Waals surface area contributed by atoms with Crippen molar-refractivity contribution in [3.05, 3.63) is 28.3 Å². The van der Waals surface area contributed by atoms with Gasteiger partial charge in [0.25, 0.3) is 0 Å². The van der Waals surface area contributed by atoms with Crippen LogP contribution in [0.15, 0.2) is 12.1 Å². The van der Waals surface area contributed by atoms with Gasteiger partial charge in [-0.05, 0) is 30.5 Å². The van der Waals surface area contributed by atoms with E-state index in [1.807, 2.05) is 12.1 Å². The Kier molecular flexibility index (Phi) is 3.22. The molecule has 0 aromatic heterocycles. The summed E-state index contributed by atoms with van der Waals surface area (Å²) >= 11 is 6.11. The van der Waals surface area contributed by atoms with Gasteiger partial charge in [0.1, 0.15) is 5.75 Å². The molecule has 0 amide bonds. The van der Waals surface area contributed by atoms with Crippen LogP contribution in [0.5, 0.6) is 5.75 Å². The van der Waals surface area contributed by atoms with Gasteiger partial charge >= 0.3 is 0 Å². The molecule has 98 valence electrons. The van der Waals surface area contributed by atoms with Crippen molar-refractivity contribution in [2.75, 3.05) is 19.8 Å². The van der Waals surface area contributed by atoms with Gasteiger partial charge in [-0.2, -0.15) is 0 Å². The lowest BCUT2D eigenvalue weighted by Gasteiger charge is -2.14. The van der Waals surface area contributed by atoms with Gasteiger partial charge in [0.15, 0.2) is 0 Å². The maximum atomic E-state index is 9.27. The van der Waals surface area contributed by atoms with Crippen LogP contribution in [0, 0.1) is 5.41 Å². The third kappa shape index (κ3) is 2.35. The van der Waals surface area contributed by atoms with Gasteiger partial charge in [0.05, 0.1) is 6.61 Å². The average Bonchev–Trinajstić information content (AvgIpc) is 2.98. The highest BCUT2D eigenvalue weighted by atomic mass is 35.5. The van der Waals surface area contributed by atoms with E-state index in [4.69, 9.17) is 16.3 Å². The smallest absolute Gasteiger partial charge is 0.127 e. The Morgan fingerprint density at radius 3 is 2.94 bits per heavy atom. The van der Waals surface area contributed by atoms with Crippen LogP contribution < -0.4 is 10.1 Å². The standard InChI is InChI=1S/C14H18ClNO2/c15-12-5-10-1-4-18-13(10)11(6-12)7-16-8-14(9-17)2-3-14/h5-6,16-17H,1-4,7-9H2. The summed E-state index contributed by atoms with van der Waals surface area (Å²) in [6.45, 7) is 2.66. The van der Waals surface area contributed by atoms with Gasteiger partial charge < -0.3 is 15.2 Å². The summed E-state index contributed by atoms with van der Waals surface area (Å²) in [6.07, 6.45) is 3.20. The molecular weight excluding hydrogens is 250 g/mol. The fraction of sp³-hybridized carbons (Fsp3) is 0.571. The van der Waals surface area contributed by atoms with Crippen molar-refractivity contribution in [2.45, 2.75) is 25.8 Å². The van der Waals surface area contributed by atoms with Crippen LogP contribution >= 0.6 is 11.6 Å². The molecule has 0 bridgehead atoms. The van der Waals surface area contributed by atoms with Crippen LogP contribution in [0.3, 0.4) is 0 Å². The van der Waals surface area contributed by atoms with Crippen LogP contribution in [0.4, 0.5) is 0 Å². The molecular formula is C14H18ClNO2. The highest BCUT2D eigenvalue weighted by Gasteiger charge is 2.41. The average molecular weight is 268 g/mol. The van der Waals surface area contributed by atoms with Gasteiger partial charge in [-0.25, -0.2) is 0 Å². The number of benzene rings is 1. The number of hydrogen-bond donors (Lipinski definition) is 2. The van der Waals surface area contributed by atoms with E-state index in [9.17, 15) is 5.11 Å². The molecule has 1 saturated carbocycles. The maximum absolute atomic E-state index is 9.27. The predicted molar refractivity (Wildman–Crippen MR) is 71.1 cm³/mol. The van der Waals surface area contributed by atoms with Crippen LogP contribution in [0.1, 0.15) is 24.0 Å². The molecule has 1 fully saturated rings. The largest absolute Gasteiger partial charge is 0.493 e. The highest BCUT2D eigenvalue weighted by Crippen LogP contribution is 2.44. The summed E-state index contributed by atoms with van der Waals surface area (Å²) in [7, 11) is 0. The Bertz CT molecular complexity index is 457. The second kappa shape index (κ2) is 4.72. The first-order valence-electron chi connectivity index (χ1n) is 6.48. The van der Waals surface area contributed by atoms with Crippen LogP contribution in [0.2, 0.25) is 5.02 Å². The van der Waals surface area contributed by atoms with Crippen molar-refractivity contribution in [3.63, 3.8) is 0 Å². The first-order valence-corrected chi connectivity index (χ1v) is 6.86. The fourth-order valence-corrected chi connectivity index (χ4v) is 2.77. The van der Waals surface area contributed by atoms with E-state index >= 15 is 0 Å². The van der Waals surface area contributed by atoms with Gasteiger partial charge in [0, 0.05) is 42.1 Å². The minimum atomic E-state index is 0.141. The second-order valence-corrected chi connectivity index (χ2v) is 5.85. The molecule has 1 aliphatic heterocycles. The van der Waals surface area contributed by atoms with Crippen LogP contribution in [-0.2, 0) is 13.0 Å². The molecule has 0 saturated heterocycles. The SMILES string of the molecule is OCC1(CNCc2cc(Cl)cc3c2OCC3)CC1.